The number of ether oxygens (including phenoxy) is 3. The van der Waals surface area contributed by atoms with Gasteiger partial charge in [-0.15, -0.1) is 0 Å². The quantitative estimate of drug-likeness (QED) is 0.800. The Morgan fingerprint density at radius 3 is 2.37 bits per heavy atom. The van der Waals surface area contributed by atoms with E-state index in [-0.39, 0.29) is 29.3 Å². The molecule has 0 aliphatic carbocycles. The van der Waals surface area contributed by atoms with E-state index in [1.807, 2.05) is 0 Å². The van der Waals surface area contributed by atoms with Gasteiger partial charge in [0, 0.05) is 13.1 Å². The summed E-state index contributed by atoms with van der Waals surface area (Å²) in [5.41, 5.74) is 5.42. The van der Waals surface area contributed by atoms with Crippen molar-refractivity contribution in [1.82, 2.24) is 4.31 Å². The van der Waals surface area contributed by atoms with Crippen molar-refractivity contribution in [2.24, 2.45) is 5.73 Å². The van der Waals surface area contributed by atoms with Crippen LogP contribution in [0.15, 0.2) is 47.4 Å². The number of para-hydroxylation sites is 2. The highest BCUT2D eigenvalue weighted by Gasteiger charge is 2.28. The normalized spacial score (nSPS) is 15.3. The van der Waals surface area contributed by atoms with Gasteiger partial charge in [0.2, 0.25) is 10.0 Å². The van der Waals surface area contributed by atoms with E-state index in [9.17, 15) is 13.2 Å². The number of nitrogens with two attached hydrogens (primary N) is 1. The summed E-state index contributed by atoms with van der Waals surface area (Å²) in [5, 5.41) is 0. The Bertz CT molecular complexity index is 939. The first-order valence-corrected chi connectivity index (χ1v) is 9.70. The van der Waals surface area contributed by atoms with Gasteiger partial charge in [-0.2, -0.15) is 4.31 Å². The molecule has 0 bridgehead atoms. The molecule has 0 spiro atoms. The Labute approximate surface area is 157 Å². The van der Waals surface area contributed by atoms with Crippen molar-refractivity contribution in [1.29, 1.82) is 0 Å². The maximum absolute atomic E-state index is 12.8. The van der Waals surface area contributed by atoms with Crippen LogP contribution in [0.3, 0.4) is 0 Å². The highest BCUT2D eigenvalue weighted by atomic mass is 32.2. The number of nitrogens with zero attached hydrogens (tertiary/aromatic N) is 1. The number of primary amides is 1. The van der Waals surface area contributed by atoms with Crippen LogP contribution in [0.25, 0.3) is 0 Å². The van der Waals surface area contributed by atoms with E-state index in [0.29, 0.717) is 24.7 Å². The topological polar surface area (TPSA) is 108 Å². The first-order chi connectivity index (χ1) is 12.9. The molecule has 144 valence electrons. The molecule has 1 fully saturated rings. The average molecular weight is 392 g/mol. The molecule has 0 atom stereocenters. The largest absolute Gasteiger partial charge is 0.493 e. The van der Waals surface area contributed by atoms with Crippen molar-refractivity contribution in [3.8, 4) is 17.2 Å². The summed E-state index contributed by atoms with van der Waals surface area (Å²) < 4.78 is 43.1. The van der Waals surface area contributed by atoms with Crippen molar-refractivity contribution in [3.63, 3.8) is 0 Å². The van der Waals surface area contributed by atoms with Crippen molar-refractivity contribution >= 4 is 15.9 Å². The Balaban J connectivity index is 1.97. The average Bonchev–Trinajstić information content (AvgIpc) is 2.69. The third kappa shape index (κ3) is 4.05. The van der Waals surface area contributed by atoms with Gasteiger partial charge in [-0.25, -0.2) is 8.42 Å². The second-order valence-corrected chi connectivity index (χ2v) is 7.73. The molecule has 2 N–H and O–H groups in total. The van der Waals surface area contributed by atoms with Gasteiger partial charge in [0.25, 0.3) is 5.91 Å². The van der Waals surface area contributed by atoms with Crippen LogP contribution in [-0.2, 0) is 14.8 Å². The minimum Gasteiger partial charge on any atom is -0.493 e. The van der Waals surface area contributed by atoms with Crippen LogP contribution in [0.5, 0.6) is 17.2 Å². The first-order valence-electron chi connectivity index (χ1n) is 8.26. The predicted octanol–water partition coefficient (Wildman–Crippen LogP) is 1.61. The molecule has 1 heterocycles. The first kappa shape index (κ1) is 19.2. The van der Waals surface area contributed by atoms with Crippen LogP contribution < -0.4 is 15.2 Å². The molecule has 1 aliphatic rings. The van der Waals surface area contributed by atoms with Crippen LogP contribution in [0.1, 0.15) is 10.4 Å². The Morgan fingerprint density at radius 1 is 1.07 bits per heavy atom. The van der Waals surface area contributed by atoms with Crippen molar-refractivity contribution in [2.75, 3.05) is 33.4 Å². The molecule has 0 radical (unpaired) electrons. The summed E-state index contributed by atoms with van der Waals surface area (Å²) in [7, 11) is -2.26. The van der Waals surface area contributed by atoms with E-state index in [4.69, 9.17) is 19.9 Å². The third-order valence-corrected chi connectivity index (χ3v) is 6.01. The third-order valence-electron chi connectivity index (χ3n) is 4.11. The molecule has 27 heavy (non-hydrogen) atoms. The number of sulfonamides is 1. The van der Waals surface area contributed by atoms with Crippen molar-refractivity contribution < 1.29 is 27.4 Å². The lowest BCUT2D eigenvalue weighted by Gasteiger charge is -2.26. The predicted molar refractivity (Wildman–Crippen MR) is 97.6 cm³/mol. The van der Waals surface area contributed by atoms with Crippen LogP contribution in [0.4, 0.5) is 0 Å². The van der Waals surface area contributed by atoms with Crippen LogP contribution in [0.2, 0.25) is 0 Å². The Kier molecular flexibility index (Phi) is 5.64. The van der Waals surface area contributed by atoms with Crippen molar-refractivity contribution in [3.05, 3.63) is 48.0 Å². The van der Waals surface area contributed by atoms with Crippen molar-refractivity contribution in [2.45, 2.75) is 4.90 Å². The number of hydrogen-bond acceptors (Lipinski definition) is 6. The smallest absolute Gasteiger partial charge is 0.252 e. The molecule has 1 saturated heterocycles. The number of rotatable bonds is 6. The lowest BCUT2D eigenvalue weighted by Crippen LogP contribution is -2.40. The molecule has 0 aromatic heterocycles. The lowest BCUT2D eigenvalue weighted by atomic mass is 10.2. The molecule has 8 nitrogen and oxygen atoms in total. The van der Waals surface area contributed by atoms with E-state index < -0.39 is 15.9 Å². The molecule has 0 saturated carbocycles. The van der Waals surface area contributed by atoms with Crippen LogP contribution in [0, 0.1) is 0 Å². The van der Waals surface area contributed by atoms with Gasteiger partial charge in [0.1, 0.15) is 5.75 Å². The van der Waals surface area contributed by atoms with E-state index >= 15 is 0 Å². The minimum absolute atomic E-state index is 0.0226. The van der Waals surface area contributed by atoms with Crippen LogP contribution >= 0.6 is 0 Å². The molecular weight excluding hydrogens is 372 g/mol. The van der Waals surface area contributed by atoms with E-state index in [0.717, 1.165) is 0 Å². The molecule has 9 heteroatoms. The molecular formula is C18H20N2O6S. The fourth-order valence-corrected chi connectivity index (χ4v) is 4.14. The number of amides is 1. The van der Waals surface area contributed by atoms with Gasteiger partial charge in [-0.3, -0.25) is 4.79 Å². The van der Waals surface area contributed by atoms with Gasteiger partial charge in [0.05, 0.1) is 30.8 Å². The second-order valence-electron chi connectivity index (χ2n) is 5.79. The number of benzene rings is 2. The fraction of sp³-hybridized carbons (Fsp3) is 0.278. The molecule has 3 rings (SSSR count). The lowest BCUT2D eigenvalue weighted by molar-refractivity contribution is 0.0730. The summed E-state index contributed by atoms with van der Waals surface area (Å²) in [5.74, 6) is 0.205. The number of carbonyl (C=O) groups excluding carboxylic acids is 1. The fourth-order valence-electron chi connectivity index (χ4n) is 2.71. The second kappa shape index (κ2) is 7.95. The molecule has 1 aliphatic heterocycles. The molecule has 2 aromatic carbocycles. The van der Waals surface area contributed by atoms with Gasteiger partial charge >= 0.3 is 0 Å². The zero-order valence-corrected chi connectivity index (χ0v) is 15.6. The number of methoxy groups -OCH3 is 1. The van der Waals surface area contributed by atoms with Gasteiger partial charge in [0.15, 0.2) is 11.5 Å². The molecule has 2 aromatic rings. The van der Waals surface area contributed by atoms with Crippen LogP contribution in [-0.4, -0.2) is 52.0 Å². The number of hydrogen-bond donors (Lipinski definition) is 1. The number of morpholine rings is 1. The zero-order chi connectivity index (χ0) is 19.4. The molecule has 0 unspecified atom stereocenters. The van der Waals surface area contributed by atoms with E-state index in [1.165, 1.54) is 29.6 Å². The maximum Gasteiger partial charge on any atom is 0.252 e. The Hall–Kier alpha value is -2.62. The Morgan fingerprint density at radius 2 is 1.74 bits per heavy atom. The number of carbonyl (C=O) groups is 1. The van der Waals surface area contributed by atoms with Gasteiger partial charge < -0.3 is 19.9 Å². The maximum atomic E-state index is 12.8. The standard InChI is InChI=1S/C18H20N2O6S/c1-24-16-4-2-3-5-17(16)26-15-7-6-13(12-14(15)18(19)21)27(22,23)20-8-10-25-11-9-20/h2-7,12H,8-11H2,1H3,(H2,19,21). The highest BCUT2D eigenvalue weighted by Crippen LogP contribution is 2.34. The van der Waals surface area contributed by atoms with E-state index in [1.54, 1.807) is 24.3 Å². The summed E-state index contributed by atoms with van der Waals surface area (Å²) in [4.78, 5) is 11.9. The monoisotopic (exact) mass is 392 g/mol. The van der Waals surface area contributed by atoms with Gasteiger partial charge in [-0.05, 0) is 30.3 Å². The highest BCUT2D eigenvalue weighted by molar-refractivity contribution is 7.89. The van der Waals surface area contributed by atoms with Gasteiger partial charge in [-0.1, -0.05) is 12.1 Å². The summed E-state index contributed by atoms with van der Waals surface area (Å²) in [6.45, 7) is 1.18. The summed E-state index contributed by atoms with van der Waals surface area (Å²) in [6, 6.07) is 10.9. The molecule has 1 amide bonds. The SMILES string of the molecule is COc1ccccc1Oc1ccc(S(=O)(=O)N2CCOCC2)cc1C(N)=O. The summed E-state index contributed by atoms with van der Waals surface area (Å²) in [6.07, 6.45) is 0. The minimum atomic E-state index is -3.76. The van der Waals surface area contributed by atoms with E-state index in [2.05, 4.69) is 0 Å². The summed E-state index contributed by atoms with van der Waals surface area (Å²) >= 11 is 0. The zero-order valence-electron chi connectivity index (χ0n) is 14.8.